The van der Waals surface area contributed by atoms with Gasteiger partial charge in [-0.2, -0.15) is 0 Å². The number of rotatable bonds is 3. The van der Waals surface area contributed by atoms with Crippen molar-refractivity contribution in [2.75, 3.05) is 0 Å². The van der Waals surface area contributed by atoms with Gasteiger partial charge in [0.15, 0.2) is 11.6 Å². The highest BCUT2D eigenvalue weighted by Gasteiger charge is 2.53. The summed E-state index contributed by atoms with van der Waals surface area (Å²) in [6, 6.07) is 4.18. The quantitative estimate of drug-likeness (QED) is 0.875. The molecule has 2 fully saturated rings. The van der Waals surface area contributed by atoms with Gasteiger partial charge in [0.05, 0.1) is 6.10 Å². The Balaban J connectivity index is 1.68. The Labute approximate surface area is 106 Å². The van der Waals surface area contributed by atoms with E-state index >= 15 is 0 Å². The van der Waals surface area contributed by atoms with Crippen LogP contribution in [-0.2, 0) is 6.42 Å². The first-order valence-corrected chi connectivity index (χ1v) is 6.79. The molecule has 2 aliphatic carbocycles. The van der Waals surface area contributed by atoms with Crippen molar-refractivity contribution in [1.29, 1.82) is 0 Å². The minimum Gasteiger partial charge on any atom is -0.392 e. The summed E-state index contributed by atoms with van der Waals surface area (Å²) in [4.78, 5) is 0. The third kappa shape index (κ3) is 2.05. The second kappa shape index (κ2) is 4.61. The molecule has 0 bridgehead atoms. The maximum absolute atomic E-state index is 13.5. The molecule has 98 valence electrons. The van der Waals surface area contributed by atoms with E-state index in [1.807, 2.05) is 0 Å². The average Bonchev–Trinajstić information content (AvgIpc) is 3.09. The molecule has 1 aromatic carbocycles. The van der Waals surface area contributed by atoms with Crippen molar-refractivity contribution < 1.29 is 13.9 Å². The number of hydrogen-bond donors (Lipinski definition) is 1. The lowest BCUT2D eigenvalue weighted by Crippen LogP contribution is -2.16. The number of aliphatic hydroxyl groups excluding tert-OH is 1. The first-order chi connectivity index (χ1) is 8.68. The van der Waals surface area contributed by atoms with E-state index in [1.54, 1.807) is 6.07 Å². The van der Waals surface area contributed by atoms with Crippen LogP contribution in [0.5, 0.6) is 0 Å². The van der Waals surface area contributed by atoms with Gasteiger partial charge in [-0.05, 0) is 42.2 Å². The Morgan fingerprint density at radius 1 is 1.17 bits per heavy atom. The van der Waals surface area contributed by atoms with Gasteiger partial charge in [0, 0.05) is 6.42 Å². The normalized spacial score (nSPS) is 31.8. The molecule has 2 saturated carbocycles. The van der Waals surface area contributed by atoms with Crippen LogP contribution in [0.3, 0.4) is 0 Å². The molecule has 0 saturated heterocycles. The lowest BCUT2D eigenvalue weighted by atomic mass is 10.0. The topological polar surface area (TPSA) is 20.2 Å². The second-order valence-corrected chi connectivity index (χ2v) is 5.67. The minimum atomic E-state index is -0.826. The molecule has 1 N–H and O–H groups in total. The molecule has 0 radical (unpaired) electrons. The number of aliphatic hydroxyl groups is 1. The molecule has 0 aromatic heterocycles. The lowest BCUT2D eigenvalue weighted by Gasteiger charge is -2.11. The van der Waals surface area contributed by atoms with Gasteiger partial charge in [-0.25, -0.2) is 8.78 Å². The van der Waals surface area contributed by atoms with Crippen molar-refractivity contribution in [2.24, 2.45) is 17.8 Å². The van der Waals surface area contributed by atoms with Gasteiger partial charge in [-0.3, -0.25) is 0 Å². The highest BCUT2D eigenvalue weighted by atomic mass is 19.2. The molecule has 3 rings (SSSR count). The summed E-state index contributed by atoms with van der Waals surface area (Å²) in [6.45, 7) is 0. The van der Waals surface area contributed by atoms with Crippen molar-refractivity contribution in [2.45, 2.75) is 38.2 Å². The Kier molecular flexibility index (Phi) is 3.10. The first kappa shape index (κ1) is 12.1. The fourth-order valence-corrected chi connectivity index (χ4v) is 3.69. The molecule has 0 heterocycles. The van der Waals surface area contributed by atoms with Crippen molar-refractivity contribution in [3.8, 4) is 0 Å². The van der Waals surface area contributed by atoms with Crippen LogP contribution < -0.4 is 0 Å². The molecule has 1 aromatic rings. The molecule has 3 heteroatoms. The molecule has 2 aliphatic rings. The highest BCUT2D eigenvalue weighted by Crippen LogP contribution is 2.57. The van der Waals surface area contributed by atoms with E-state index in [0.29, 0.717) is 23.3 Å². The number of fused-ring (bicyclic) bond motifs is 1. The van der Waals surface area contributed by atoms with Gasteiger partial charge in [-0.1, -0.05) is 25.0 Å². The minimum absolute atomic E-state index is 0.237. The van der Waals surface area contributed by atoms with E-state index in [0.717, 1.165) is 6.07 Å². The van der Waals surface area contributed by atoms with E-state index in [1.165, 1.54) is 31.7 Å². The summed E-state index contributed by atoms with van der Waals surface area (Å²) >= 11 is 0. The predicted octanol–water partition coefficient (Wildman–Crippen LogP) is 3.30. The van der Waals surface area contributed by atoms with E-state index in [4.69, 9.17) is 0 Å². The molecule has 1 nitrogen and oxygen atoms in total. The van der Waals surface area contributed by atoms with Crippen LogP contribution in [0.1, 0.15) is 31.2 Å². The van der Waals surface area contributed by atoms with E-state index < -0.39 is 17.7 Å². The maximum atomic E-state index is 13.5. The fraction of sp³-hybridized carbons (Fsp3) is 0.600. The molecular weight excluding hydrogens is 234 g/mol. The SMILES string of the molecule is OC(Cc1cccc(F)c1F)C1C2CCCCC21. The van der Waals surface area contributed by atoms with E-state index in [2.05, 4.69) is 0 Å². The Hall–Kier alpha value is -0.960. The van der Waals surface area contributed by atoms with Crippen LogP contribution in [0.25, 0.3) is 0 Å². The van der Waals surface area contributed by atoms with E-state index in [9.17, 15) is 13.9 Å². The number of halogens is 2. The van der Waals surface area contributed by atoms with Gasteiger partial charge in [0.1, 0.15) is 0 Å². The monoisotopic (exact) mass is 252 g/mol. The van der Waals surface area contributed by atoms with Gasteiger partial charge in [-0.15, -0.1) is 0 Å². The van der Waals surface area contributed by atoms with Gasteiger partial charge < -0.3 is 5.11 Å². The van der Waals surface area contributed by atoms with Crippen molar-refractivity contribution in [3.05, 3.63) is 35.4 Å². The Morgan fingerprint density at radius 2 is 1.83 bits per heavy atom. The Morgan fingerprint density at radius 3 is 2.50 bits per heavy atom. The molecule has 0 aliphatic heterocycles. The predicted molar refractivity (Wildman–Crippen MR) is 65.0 cm³/mol. The molecule has 0 amide bonds. The zero-order chi connectivity index (χ0) is 12.7. The van der Waals surface area contributed by atoms with E-state index in [-0.39, 0.29) is 6.42 Å². The third-order valence-electron chi connectivity index (χ3n) is 4.63. The zero-order valence-electron chi connectivity index (χ0n) is 10.3. The smallest absolute Gasteiger partial charge is 0.162 e. The van der Waals surface area contributed by atoms with Crippen molar-refractivity contribution >= 4 is 0 Å². The summed E-state index contributed by atoms with van der Waals surface area (Å²) in [6.07, 6.45) is 4.60. The largest absolute Gasteiger partial charge is 0.392 e. The second-order valence-electron chi connectivity index (χ2n) is 5.67. The van der Waals surface area contributed by atoms with Crippen LogP contribution in [0.15, 0.2) is 18.2 Å². The van der Waals surface area contributed by atoms with Crippen LogP contribution in [0.4, 0.5) is 8.78 Å². The maximum Gasteiger partial charge on any atom is 0.162 e. The number of benzene rings is 1. The fourth-order valence-electron chi connectivity index (χ4n) is 3.69. The average molecular weight is 252 g/mol. The van der Waals surface area contributed by atoms with Crippen LogP contribution in [0, 0.1) is 29.4 Å². The van der Waals surface area contributed by atoms with Crippen LogP contribution in [-0.4, -0.2) is 11.2 Å². The van der Waals surface area contributed by atoms with Gasteiger partial charge in [0.25, 0.3) is 0 Å². The lowest BCUT2D eigenvalue weighted by molar-refractivity contribution is 0.139. The number of hydrogen-bond acceptors (Lipinski definition) is 1. The van der Waals surface area contributed by atoms with Crippen molar-refractivity contribution in [3.63, 3.8) is 0 Å². The highest BCUT2D eigenvalue weighted by molar-refractivity contribution is 5.20. The van der Waals surface area contributed by atoms with Gasteiger partial charge in [0.2, 0.25) is 0 Å². The summed E-state index contributed by atoms with van der Waals surface area (Å²) in [5, 5.41) is 10.2. The van der Waals surface area contributed by atoms with Crippen LogP contribution >= 0.6 is 0 Å². The molecule has 3 unspecified atom stereocenters. The summed E-state index contributed by atoms with van der Waals surface area (Å²) in [7, 11) is 0. The standard InChI is InChI=1S/C15H18F2O/c16-12-7-3-4-9(15(12)17)8-13(18)14-10-5-1-2-6-11(10)14/h3-4,7,10-11,13-14,18H,1-2,5-6,8H2. The van der Waals surface area contributed by atoms with Crippen molar-refractivity contribution in [1.82, 2.24) is 0 Å². The molecule has 0 spiro atoms. The third-order valence-corrected chi connectivity index (χ3v) is 4.63. The summed E-state index contributed by atoms with van der Waals surface area (Å²) < 4.78 is 26.6. The molecule has 18 heavy (non-hydrogen) atoms. The first-order valence-electron chi connectivity index (χ1n) is 6.79. The van der Waals surface area contributed by atoms with Crippen LogP contribution in [0.2, 0.25) is 0 Å². The Bertz CT molecular complexity index is 434. The molecular formula is C15H18F2O. The zero-order valence-corrected chi connectivity index (χ0v) is 10.3. The van der Waals surface area contributed by atoms with Gasteiger partial charge >= 0.3 is 0 Å². The molecule has 3 atom stereocenters. The summed E-state index contributed by atoms with van der Waals surface area (Å²) in [5.41, 5.74) is 0.297. The summed E-state index contributed by atoms with van der Waals surface area (Å²) in [5.74, 6) is -0.0565.